The quantitative estimate of drug-likeness (QED) is 0.560. The van der Waals surface area contributed by atoms with Crippen LogP contribution in [0.2, 0.25) is 0 Å². The summed E-state index contributed by atoms with van der Waals surface area (Å²) in [5, 5.41) is 0. The average Bonchev–Trinajstić information content (AvgIpc) is 2.04. The highest BCUT2D eigenvalue weighted by Gasteiger charge is 2.07. The highest BCUT2D eigenvalue weighted by Crippen LogP contribution is 1.98. The fraction of sp³-hybridized carbons (Fsp3) is 0.778. The molecule has 1 unspecified atom stereocenters. The van der Waals surface area contributed by atoms with Crippen LogP contribution in [0.15, 0.2) is 12.2 Å². The van der Waals surface area contributed by atoms with Gasteiger partial charge in [0.1, 0.15) is 0 Å². The molecule has 0 heterocycles. The fourth-order valence-electron chi connectivity index (χ4n) is 1.25. The molecule has 0 aliphatic carbocycles. The van der Waals surface area contributed by atoms with E-state index in [0.717, 1.165) is 13.1 Å². The minimum absolute atomic E-state index is 0.446. The molecule has 1 atom stereocenters. The molecular weight excluding hydrogens is 150 g/mol. The van der Waals surface area contributed by atoms with Crippen molar-refractivity contribution in [3.05, 3.63) is 12.2 Å². The van der Waals surface area contributed by atoms with Crippen molar-refractivity contribution in [1.29, 1.82) is 0 Å². The molecule has 0 fully saturated rings. The van der Waals surface area contributed by atoms with Crippen LogP contribution in [-0.2, 0) is 0 Å². The van der Waals surface area contributed by atoms with Crippen LogP contribution >= 0.6 is 0 Å². The van der Waals surface area contributed by atoms with Crippen molar-refractivity contribution >= 4 is 0 Å². The Kier molecular flexibility index (Phi) is 7.05. The van der Waals surface area contributed by atoms with Gasteiger partial charge in [0.05, 0.1) is 0 Å². The molecule has 12 heavy (non-hydrogen) atoms. The smallest absolute Gasteiger partial charge is 0.0250 e. The van der Waals surface area contributed by atoms with Crippen molar-refractivity contribution in [2.24, 2.45) is 11.5 Å². The molecule has 0 rings (SSSR count). The molecule has 0 saturated heterocycles. The van der Waals surface area contributed by atoms with Crippen molar-refractivity contribution < 1.29 is 0 Å². The highest BCUT2D eigenvalue weighted by atomic mass is 15.2. The second kappa shape index (κ2) is 7.28. The van der Waals surface area contributed by atoms with Crippen molar-refractivity contribution in [2.45, 2.75) is 19.9 Å². The lowest BCUT2D eigenvalue weighted by atomic mass is 10.2. The molecule has 0 aromatic heterocycles. The maximum atomic E-state index is 5.49. The molecule has 0 aliphatic rings. The van der Waals surface area contributed by atoms with Gasteiger partial charge >= 0.3 is 0 Å². The SMILES string of the molecule is C/C=C/C(C)N(CCN)CCN. The minimum atomic E-state index is 0.446. The summed E-state index contributed by atoms with van der Waals surface area (Å²) in [6, 6.07) is 0.446. The molecule has 3 nitrogen and oxygen atoms in total. The summed E-state index contributed by atoms with van der Waals surface area (Å²) in [7, 11) is 0. The predicted octanol–water partition coefficient (Wildman–Crippen LogP) is 0.170. The standard InChI is InChI=1S/C9H21N3/c1-3-4-9(2)12(7-5-10)8-6-11/h3-4,9H,5-8,10-11H2,1-2H3/b4-3+. The summed E-state index contributed by atoms with van der Waals surface area (Å²) < 4.78 is 0. The third-order valence-electron chi connectivity index (χ3n) is 1.88. The Bertz CT molecular complexity index is 117. The van der Waals surface area contributed by atoms with Crippen molar-refractivity contribution in [3.63, 3.8) is 0 Å². The summed E-state index contributed by atoms with van der Waals surface area (Å²) >= 11 is 0. The zero-order valence-corrected chi connectivity index (χ0v) is 8.16. The van der Waals surface area contributed by atoms with Crippen molar-refractivity contribution in [1.82, 2.24) is 4.90 Å². The van der Waals surface area contributed by atoms with Gasteiger partial charge in [0.15, 0.2) is 0 Å². The molecule has 0 amide bonds. The van der Waals surface area contributed by atoms with Gasteiger partial charge in [0.25, 0.3) is 0 Å². The first-order valence-corrected chi connectivity index (χ1v) is 4.53. The number of hydrogen-bond donors (Lipinski definition) is 2. The fourth-order valence-corrected chi connectivity index (χ4v) is 1.25. The Morgan fingerprint density at radius 2 is 1.75 bits per heavy atom. The summed E-state index contributed by atoms with van der Waals surface area (Å²) in [5.74, 6) is 0. The van der Waals surface area contributed by atoms with Crippen LogP contribution in [0.5, 0.6) is 0 Å². The summed E-state index contributed by atoms with van der Waals surface area (Å²) in [6.07, 6.45) is 4.22. The van der Waals surface area contributed by atoms with E-state index in [4.69, 9.17) is 11.5 Å². The van der Waals surface area contributed by atoms with Gasteiger partial charge in [-0.05, 0) is 13.8 Å². The van der Waals surface area contributed by atoms with Crippen LogP contribution in [-0.4, -0.2) is 37.1 Å². The van der Waals surface area contributed by atoms with E-state index in [1.54, 1.807) is 0 Å². The minimum Gasteiger partial charge on any atom is -0.329 e. The van der Waals surface area contributed by atoms with Crippen LogP contribution in [0.4, 0.5) is 0 Å². The van der Waals surface area contributed by atoms with Crippen molar-refractivity contribution in [2.75, 3.05) is 26.2 Å². The van der Waals surface area contributed by atoms with Gasteiger partial charge in [-0.3, -0.25) is 4.90 Å². The number of nitrogens with two attached hydrogens (primary N) is 2. The molecule has 0 radical (unpaired) electrons. The lowest BCUT2D eigenvalue weighted by Gasteiger charge is -2.25. The predicted molar refractivity (Wildman–Crippen MR) is 54.0 cm³/mol. The van der Waals surface area contributed by atoms with E-state index in [-0.39, 0.29) is 0 Å². The highest BCUT2D eigenvalue weighted by molar-refractivity contribution is 4.89. The largest absolute Gasteiger partial charge is 0.329 e. The summed E-state index contributed by atoms with van der Waals surface area (Å²) in [5.41, 5.74) is 11.0. The van der Waals surface area contributed by atoms with Crippen LogP contribution < -0.4 is 11.5 Å². The van der Waals surface area contributed by atoms with Gasteiger partial charge in [-0.2, -0.15) is 0 Å². The lowest BCUT2D eigenvalue weighted by molar-refractivity contribution is 0.255. The van der Waals surface area contributed by atoms with Gasteiger partial charge in [-0.1, -0.05) is 12.2 Å². The van der Waals surface area contributed by atoms with Crippen LogP contribution in [0, 0.1) is 0 Å². The zero-order chi connectivity index (χ0) is 9.40. The van der Waals surface area contributed by atoms with E-state index >= 15 is 0 Å². The van der Waals surface area contributed by atoms with Gasteiger partial charge in [0.2, 0.25) is 0 Å². The number of allylic oxidation sites excluding steroid dienone is 1. The van der Waals surface area contributed by atoms with Crippen molar-refractivity contribution in [3.8, 4) is 0 Å². The molecule has 0 aromatic rings. The maximum Gasteiger partial charge on any atom is 0.0250 e. The monoisotopic (exact) mass is 171 g/mol. The molecule has 4 N–H and O–H groups in total. The topological polar surface area (TPSA) is 55.3 Å². The average molecular weight is 171 g/mol. The maximum absolute atomic E-state index is 5.49. The first-order valence-electron chi connectivity index (χ1n) is 4.53. The first-order chi connectivity index (χ1) is 5.76. The molecule has 0 aliphatic heterocycles. The lowest BCUT2D eigenvalue weighted by Crippen LogP contribution is -2.39. The number of nitrogens with zero attached hydrogens (tertiary/aromatic N) is 1. The normalized spacial score (nSPS) is 14.4. The van der Waals surface area contributed by atoms with Gasteiger partial charge < -0.3 is 11.5 Å². The second-order valence-electron chi connectivity index (χ2n) is 2.88. The van der Waals surface area contributed by atoms with Gasteiger partial charge in [0, 0.05) is 32.2 Å². The Morgan fingerprint density at radius 3 is 2.08 bits per heavy atom. The van der Waals surface area contributed by atoms with Crippen LogP contribution in [0.3, 0.4) is 0 Å². The van der Waals surface area contributed by atoms with Crippen LogP contribution in [0.1, 0.15) is 13.8 Å². The number of hydrogen-bond acceptors (Lipinski definition) is 3. The third-order valence-corrected chi connectivity index (χ3v) is 1.88. The van der Waals surface area contributed by atoms with E-state index in [1.165, 1.54) is 0 Å². The Balaban J connectivity index is 3.89. The van der Waals surface area contributed by atoms with E-state index in [1.807, 2.05) is 6.92 Å². The third kappa shape index (κ3) is 4.49. The second-order valence-corrected chi connectivity index (χ2v) is 2.88. The molecule has 0 saturated carbocycles. The van der Waals surface area contributed by atoms with E-state index < -0.39 is 0 Å². The Hall–Kier alpha value is -0.380. The first kappa shape index (κ1) is 11.6. The Morgan fingerprint density at radius 1 is 1.25 bits per heavy atom. The van der Waals surface area contributed by atoms with Crippen LogP contribution in [0.25, 0.3) is 0 Å². The summed E-state index contributed by atoms with van der Waals surface area (Å²) in [6.45, 7) is 7.42. The molecule has 3 heteroatoms. The van der Waals surface area contributed by atoms with E-state index in [9.17, 15) is 0 Å². The van der Waals surface area contributed by atoms with E-state index in [2.05, 4.69) is 24.0 Å². The van der Waals surface area contributed by atoms with E-state index in [0.29, 0.717) is 19.1 Å². The molecule has 0 spiro atoms. The summed E-state index contributed by atoms with van der Waals surface area (Å²) in [4.78, 5) is 2.28. The Labute approximate surface area is 75.4 Å². The zero-order valence-electron chi connectivity index (χ0n) is 8.16. The molecule has 0 bridgehead atoms. The van der Waals surface area contributed by atoms with Gasteiger partial charge in [-0.15, -0.1) is 0 Å². The molecular formula is C9H21N3. The molecule has 72 valence electrons. The molecule has 0 aromatic carbocycles. The number of rotatable bonds is 6. The van der Waals surface area contributed by atoms with Gasteiger partial charge in [-0.25, -0.2) is 0 Å².